The number of thiophene rings is 1. The predicted molar refractivity (Wildman–Crippen MR) is 75.2 cm³/mol. The molecule has 5 heteroatoms. The van der Waals surface area contributed by atoms with Crippen LogP contribution in [0.4, 0.5) is 0 Å². The van der Waals surface area contributed by atoms with Crippen molar-refractivity contribution in [1.82, 2.24) is 10.3 Å². The molecule has 0 saturated carbocycles. The van der Waals surface area contributed by atoms with E-state index in [0.29, 0.717) is 4.88 Å². The minimum absolute atomic E-state index is 0.103. The van der Waals surface area contributed by atoms with Gasteiger partial charge in [-0.2, -0.15) is 5.10 Å². The van der Waals surface area contributed by atoms with Gasteiger partial charge in [-0.05, 0) is 24.4 Å². The smallest absolute Gasteiger partial charge is 0.281 e. The van der Waals surface area contributed by atoms with Crippen LogP contribution in [0.15, 0.2) is 22.6 Å². The summed E-state index contributed by atoms with van der Waals surface area (Å²) in [4.78, 5) is 14.9. The van der Waals surface area contributed by atoms with Crippen LogP contribution in [-0.4, -0.2) is 36.2 Å². The lowest BCUT2D eigenvalue weighted by molar-refractivity contribution is 0.0958. The van der Waals surface area contributed by atoms with E-state index in [1.54, 1.807) is 0 Å². The van der Waals surface area contributed by atoms with Crippen LogP contribution in [0.5, 0.6) is 0 Å². The van der Waals surface area contributed by atoms with Crippen molar-refractivity contribution < 1.29 is 4.79 Å². The predicted octanol–water partition coefficient (Wildman–Crippen LogP) is 2.34. The molecule has 0 aliphatic carbocycles. The number of hydrogen-bond donors (Lipinski definition) is 1. The van der Waals surface area contributed by atoms with Gasteiger partial charge in [-0.25, -0.2) is 5.43 Å². The quantitative estimate of drug-likeness (QED) is 0.849. The number of nitrogens with one attached hydrogen (secondary N) is 1. The first kappa shape index (κ1) is 13.2. The number of hydrogen-bond acceptors (Lipinski definition) is 4. The molecule has 1 aliphatic rings. The van der Waals surface area contributed by atoms with E-state index in [2.05, 4.69) is 22.4 Å². The first-order valence-corrected chi connectivity index (χ1v) is 7.29. The van der Waals surface area contributed by atoms with Gasteiger partial charge < -0.3 is 4.90 Å². The van der Waals surface area contributed by atoms with Crippen LogP contribution in [0.3, 0.4) is 0 Å². The standard InChI is InChI=1S/C13H19N3OS/c1-2-7-16-8-5-11(6-9-16)14-15-13(17)12-4-3-10-18-12/h3-4,10H,2,5-9H2,1H3,(H,15,17). The third-order valence-electron chi connectivity index (χ3n) is 3.03. The fourth-order valence-electron chi connectivity index (χ4n) is 2.06. The Hall–Kier alpha value is -1.20. The second-order valence-electron chi connectivity index (χ2n) is 4.44. The second kappa shape index (κ2) is 6.66. The Morgan fingerprint density at radius 2 is 2.28 bits per heavy atom. The van der Waals surface area contributed by atoms with Crippen LogP contribution in [0.25, 0.3) is 0 Å². The van der Waals surface area contributed by atoms with Crippen molar-refractivity contribution in [1.29, 1.82) is 0 Å². The summed E-state index contributed by atoms with van der Waals surface area (Å²) in [6, 6.07) is 3.68. The first-order valence-electron chi connectivity index (χ1n) is 6.41. The molecule has 98 valence electrons. The Labute approximate surface area is 112 Å². The molecule has 1 saturated heterocycles. The molecular weight excluding hydrogens is 246 g/mol. The number of hydrazone groups is 1. The summed E-state index contributed by atoms with van der Waals surface area (Å²) in [7, 11) is 0. The van der Waals surface area contributed by atoms with E-state index in [4.69, 9.17) is 0 Å². The summed E-state index contributed by atoms with van der Waals surface area (Å²) in [6.07, 6.45) is 3.12. The monoisotopic (exact) mass is 265 g/mol. The highest BCUT2D eigenvalue weighted by atomic mass is 32.1. The highest BCUT2D eigenvalue weighted by molar-refractivity contribution is 7.12. The van der Waals surface area contributed by atoms with Crippen LogP contribution >= 0.6 is 11.3 Å². The first-order chi connectivity index (χ1) is 8.79. The minimum atomic E-state index is -0.103. The second-order valence-corrected chi connectivity index (χ2v) is 5.39. The van der Waals surface area contributed by atoms with Crippen molar-refractivity contribution in [2.75, 3.05) is 19.6 Å². The number of carbonyl (C=O) groups is 1. The minimum Gasteiger partial charge on any atom is -0.303 e. The van der Waals surface area contributed by atoms with Gasteiger partial charge in [-0.15, -0.1) is 11.3 Å². The van der Waals surface area contributed by atoms with Gasteiger partial charge >= 0.3 is 0 Å². The molecule has 1 aromatic heterocycles. The zero-order chi connectivity index (χ0) is 12.8. The van der Waals surface area contributed by atoms with Crippen LogP contribution in [-0.2, 0) is 0 Å². The Morgan fingerprint density at radius 3 is 2.89 bits per heavy atom. The summed E-state index contributed by atoms with van der Waals surface area (Å²) in [5.41, 5.74) is 3.75. The largest absolute Gasteiger partial charge is 0.303 e. The molecule has 1 aromatic rings. The summed E-state index contributed by atoms with van der Waals surface area (Å²) in [5, 5.41) is 6.12. The van der Waals surface area contributed by atoms with Crippen molar-refractivity contribution in [3.63, 3.8) is 0 Å². The molecule has 2 rings (SSSR count). The SMILES string of the molecule is CCCN1CCC(=NNC(=O)c2cccs2)CC1. The van der Waals surface area contributed by atoms with Crippen LogP contribution < -0.4 is 5.43 Å². The zero-order valence-corrected chi connectivity index (χ0v) is 11.5. The average Bonchev–Trinajstić information content (AvgIpc) is 2.92. The highest BCUT2D eigenvalue weighted by Crippen LogP contribution is 2.09. The summed E-state index contributed by atoms with van der Waals surface area (Å²) >= 11 is 1.44. The van der Waals surface area contributed by atoms with Crippen LogP contribution in [0, 0.1) is 0 Å². The molecule has 0 atom stereocenters. The lowest BCUT2D eigenvalue weighted by atomic mass is 10.1. The molecule has 4 nitrogen and oxygen atoms in total. The maximum absolute atomic E-state index is 11.7. The van der Waals surface area contributed by atoms with E-state index in [0.717, 1.165) is 38.2 Å². The lowest BCUT2D eigenvalue weighted by Crippen LogP contribution is -2.35. The Kier molecular flexibility index (Phi) is 4.90. The van der Waals surface area contributed by atoms with Gasteiger partial charge in [-0.1, -0.05) is 13.0 Å². The third-order valence-corrected chi connectivity index (χ3v) is 3.90. The molecule has 0 bridgehead atoms. The molecule has 2 heterocycles. The number of likely N-dealkylation sites (tertiary alicyclic amines) is 1. The molecular formula is C13H19N3OS. The van der Waals surface area contributed by atoms with Gasteiger partial charge in [-0.3, -0.25) is 4.79 Å². The number of amides is 1. The van der Waals surface area contributed by atoms with Gasteiger partial charge in [0.05, 0.1) is 4.88 Å². The molecule has 1 N–H and O–H groups in total. The van der Waals surface area contributed by atoms with Crippen molar-refractivity contribution in [2.24, 2.45) is 5.10 Å². The van der Waals surface area contributed by atoms with E-state index in [1.807, 2.05) is 17.5 Å². The molecule has 1 aliphatic heterocycles. The van der Waals surface area contributed by atoms with E-state index in [-0.39, 0.29) is 5.91 Å². The molecule has 0 aromatic carbocycles. The third kappa shape index (κ3) is 3.65. The summed E-state index contributed by atoms with van der Waals surface area (Å²) in [5.74, 6) is -0.103. The summed E-state index contributed by atoms with van der Waals surface area (Å²) < 4.78 is 0. The fraction of sp³-hybridized carbons (Fsp3) is 0.538. The Bertz CT molecular complexity index is 404. The van der Waals surface area contributed by atoms with Crippen LogP contribution in [0.2, 0.25) is 0 Å². The maximum Gasteiger partial charge on any atom is 0.281 e. The van der Waals surface area contributed by atoms with E-state index < -0.39 is 0 Å². The van der Waals surface area contributed by atoms with Gasteiger partial charge in [0.2, 0.25) is 0 Å². The fourth-order valence-corrected chi connectivity index (χ4v) is 2.67. The van der Waals surface area contributed by atoms with E-state index in [1.165, 1.54) is 17.8 Å². The Morgan fingerprint density at radius 1 is 1.50 bits per heavy atom. The summed E-state index contributed by atoms with van der Waals surface area (Å²) in [6.45, 7) is 5.47. The molecule has 0 radical (unpaired) electrons. The number of rotatable bonds is 4. The van der Waals surface area contributed by atoms with Gasteiger partial charge in [0.15, 0.2) is 0 Å². The van der Waals surface area contributed by atoms with Crippen molar-refractivity contribution in [3.8, 4) is 0 Å². The van der Waals surface area contributed by atoms with Gasteiger partial charge in [0, 0.05) is 31.6 Å². The average molecular weight is 265 g/mol. The van der Waals surface area contributed by atoms with Crippen molar-refractivity contribution >= 4 is 23.0 Å². The zero-order valence-electron chi connectivity index (χ0n) is 10.7. The molecule has 0 unspecified atom stereocenters. The maximum atomic E-state index is 11.7. The molecule has 1 amide bonds. The van der Waals surface area contributed by atoms with E-state index in [9.17, 15) is 4.79 Å². The van der Waals surface area contributed by atoms with Gasteiger partial charge in [0.25, 0.3) is 5.91 Å². The van der Waals surface area contributed by atoms with E-state index >= 15 is 0 Å². The Balaban J connectivity index is 1.79. The number of carbonyl (C=O) groups excluding carboxylic acids is 1. The van der Waals surface area contributed by atoms with Crippen molar-refractivity contribution in [2.45, 2.75) is 26.2 Å². The molecule has 1 fully saturated rings. The lowest BCUT2D eigenvalue weighted by Gasteiger charge is -2.26. The number of piperidine rings is 1. The topological polar surface area (TPSA) is 44.7 Å². The normalized spacial score (nSPS) is 16.6. The number of nitrogens with zero attached hydrogens (tertiary/aromatic N) is 2. The molecule has 0 spiro atoms. The van der Waals surface area contributed by atoms with Crippen LogP contribution in [0.1, 0.15) is 35.9 Å². The van der Waals surface area contributed by atoms with Gasteiger partial charge in [0.1, 0.15) is 0 Å². The van der Waals surface area contributed by atoms with Crippen molar-refractivity contribution in [3.05, 3.63) is 22.4 Å². The highest BCUT2D eigenvalue weighted by Gasteiger charge is 2.14. The molecule has 18 heavy (non-hydrogen) atoms.